The number of nitrogens with one attached hydrogen (secondary N) is 1. The fraction of sp³-hybridized carbons (Fsp3) is 0.812. The lowest BCUT2D eigenvalue weighted by Gasteiger charge is -2.40. The average molecular weight is 806 g/mol. The molecule has 0 saturated carbocycles. The molecule has 9 heteroatoms. The van der Waals surface area contributed by atoms with Gasteiger partial charge in [-0.1, -0.05) is 172 Å². The first-order valence-electron chi connectivity index (χ1n) is 23.4. The van der Waals surface area contributed by atoms with E-state index in [0.29, 0.717) is 6.42 Å². The maximum atomic E-state index is 12.9. The highest BCUT2D eigenvalue weighted by Gasteiger charge is 2.44. The van der Waals surface area contributed by atoms with E-state index in [1.807, 2.05) is 6.08 Å². The van der Waals surface area contributed by atoms with Crippen LogP contribution in [0.3, 0.4) is 0 Å². The zero-order chi connectivity index (χ0) is 41.6. The van der Waals surface area contributed by atoms with Crippen LogP contribution in [0.15, 0.2) is 48.6 Å². The van der Waals surface area contributed by atoms with Gasteiger partial charge >= 0.3 is 0 Å². The molecule has 6 N–H and O–H groups in total. The van der Waals surface area contributed by atoms with Crippen molar-refractivity contribution in [3.05, 3.63) is 48.6 Å². The Hall–Kier alpha value is -1.85. The number of allylic oxidation sites excluding steroid dienone is 7. The van der Waals surface area contributed by atoms with Crippen molar-refractivity contribution in [3.8, 4) is 0 Å². The fourth-order valence-electron chi connectivity index (χ4n) is 7.08. The van der Waals surface area contributed by atoms with E-state index in [2.05, 4.69) is 55.6 Å². The standard InChI is InChI=1S/C48H87NO8/c1-3-5-7-9-11-13-14-15-16-17-18-19-20-21-22-23-24-25-26-27-28-30-32-34-36-38-44(52)49-41(42(51)37-35-33-31-29-12-10-8-6-4-2)40-56-48-47(55)46(54)45(53)43(39-50)57-48/h12,18-19,21-22,29,35,37,41-43,45-48,50-51,53-55H,3-11,13-17,20,23-28,30-34,36,38-40H2,1-2H3,(H,49,52)/b19-18-,22-21-,29-12+,37-35+. The van der Waals surface area contributed by atoms with Gasteiger partial charge in [-0.2, -0.15) is 0 Å². The molecule has 0 spiro atoms. The quantitative estimate of drug-likeness (QED) is 0.0267. The lowest BCUT2D eigenvalue weighted by molar-refractivity contribution is -0.302. The van der Waals surface area contributed by atoms with Crippen LogP contribution in [-0.4, -0.2) is 87.5 Å². The molecule has 1 saturated heterocycles. The smallest absolute Gasteiger partial charge is 0.220 e. The molecule has 1 rings (SSSR count). The Morgan fingerprint density at radius 1 is 0.596 bits per heavy atom. The summed E-state index contributed by atoms with van der Waals surface area (Å²) in [5.74, 6) is -0.195. The predicted molar refractivity (Wildman–Crippen MR) is 235 cm³/mol. The van der Waals surface area contributed by atoms with E-state index in [0.717, 1.165) is 44.9 Å². The number of ether oxygens (including phenoxy) is 2. The fourth-order valence-corrected chi connectivity index (χ4v) is 7.08. The molecule has 332 valence electrons. The molecule has 1 aliphatic rings. The minimum Gasteiger partial charge on any atom is -0.394 e. The minimum absolute atomic E-state index is 0.195. The van der Waals surface area contributed by atoms with Crippen LogP contribution in [0, 0.1) is 0 Å². The number of hydrogen-bond acceptors (Lipinski definition) is 8. The summed E-state index contributed by atoms with van der Waals surface area (Å²) in [6.07, 6.45) is 41.8. The Labute approximate surface area is 348 Å². The molecule has 0 bridgehead atoms. The van der Waals surface area contributed by atoms with Gasteiger partial charge in [0.25, 0.3) is 0 Å². The van der Waals surface area contributed by atoms with Crippen LogP contribution in [0.1, 0.15) is 194 Å². The Kier molecular flexibility index (Phi) is 35.8. The summed E-state index contributed by atoms with van der Waals surface area (Å²) in [4.78, 5) is 12.9. The van der Waals surface area contributed by atoms with Crippen molar-refractivity contribution in [2.75, 3.05) is 13.2 Å². The van der Waals surface area contributed by atoms with Crippen molar-refractivity contribution in [2.45, 2.75) is 236 Å². The van der Waals surface area contributed by atoms with Crippen molar-refractivity contribution in [1.29, 1.82) is 0 Å². The van der Waals surface area contributed by atoms with Gasteiger partial charge in [-0.25, -0.2) is 0 Å². The Balaban J connectivity index is 2.24. The van der Waals surface area contributed by atoms with Crippen LogP contribution in [0.25, 0.3) is 0 Å². The van der Waals surface area contributed by atoms with Crippen LogP contribution in [0.5, 0.6) is 0 Å². The molecule has 9 nitrogen and oxygen atoms in total. The van der Waals surface area contributed by atoms with E-state index >= 15 is 0 Å². The van der Waals surface area contributed by atoms with Gasteiger partial charge in [0.2, 0.25) is 5.91 Å². The van der Waals surface area contributed by atoms with Crippen molar-refractivity contribution in [2.24, 2.45) is 0 Å². The summed E-state index contributed by atoms with van der Waals surface area (Å²) in [6, 6.07) is -0.822. The molecule has 1 amide bonds. The van der Waals surface area contributed by atoms with Gasteiger partial charge in [-0.05, 0) is 64.2 Å². The van der Waals surface area contributed by atoms with Crippen molar-refractivity contribution in [1.82, 2.24) is 5.32 Å². The summed E-state index contributed by atoms with van der Waals surface area (Å²) in [5, 5.41) is 54.0. The molecule has 57 heavy (non-hydrogen) atoms. The molecule has 0 radical (unpaired) electrons. The van der Waals surface area contributed by atoms with Gasteiger partial charge in [0.15, 0.2) is 6.29 Å². The average Bonchev–Trinajstić information content (AvgIpc) is 3.21. The number of rotatable bonds is 38. The van der Waals surface area contributed by atoms with Gasteiger partial charge in [0.1, 0.15) is 24.4 Å². The van der Waals surface area contributed by atoms with Gasteiger partial charge in [-0.15, -0.1) is 0 Å². The lowest BCUT2D eigenvalue weighted by atomic mass is 9.99. The molecule has 0 aliphatic carbocycles. The van der Waals surface area contributed by atoms with E-state index in [4.69, 9.17) is 9.47 Å². The summed E-state index contributed by atoms with van der Waals surface area (Å²) in [5.41, 5.74) is 0. The molecule has 7 unspecified atom stereocenters. The molecule has 0 aromatic carbocycles. The van der Waals surface area contributed by atoms with E-state index in [1.54, 1.807) is 6.08 Å². The Bertz CT molecular complexity index is 1030. The Morgan fingerprint density at radius 3 is 1.61 bits per heavy atom. The number of aliphatic hydroxyl groups is 5. The van der Waals surface area contributed by atoms with Crippen molar-refractivity contribution in [3.63, 3.8) is 0 Å². The van der Waals surface area contributed by atoms with E-state index in [-0.39, 0.29) is 12.5 Å². The second-order valence-electron chi connectivity index (χ2n) is 16.2. The van der Waals surface area contributed by atoms with Crippen molar-refractivity contribution >= 4 is 5.91 Å². The zero-order valence-corrected chi connectivity index (χ0v) is 36.3. The van der Waals surface area contributed by atoms with Crippen LogP contribution in [-0.2, 0) is 14.3 Å². The maximum Gasteiger partial charge on any atom is 0.220 e. The molecule has 1 heterocycles. The summed E-state index contributed by atoms with van der Waals surface area (Å²) >= 11 is 0. The first-order valence-corrected chi connectivity index (χ1v) is 23.4. The summed E-state index contributed by atoms with van der Waals surface area (Å²) < 4.78 is 11.2. The Morgan fingerprint density at radius 2 is 1.05 bits per heavy atom. The van der Waals surface area contributed by atoms with Gasteiger partial charge in [-0.3, -0.25) is 4.79 Å². The molecule has 1 fully saturated rings. The molecule has 0 aromatic heterocycles. The third kappa shape index (κ3) is 29.1. The van der Waals surface area contributed by atoms with Crippen molar-refractivity contribution < 1.29 is 39.8 Å². The third-order valence-corrected chi connectivity index (χ3v) is 10.9. The monoisotopic (exact) mass is 806 g/mol. The number of carbonyl (C=O) groups excluding carboxylic acids is 1. The highest BCUT2D eigenvalue weighted by Crippen LogP contribution is 2.22. The molecule has 0 aromatic rings. The largest absolute Gasteiger partial charge is 0.394 e. The third-order valence-electron chi connectivity index (χ3n) is 10.9. The van der Waals surface area contributed by atoms with Crippen LogP contribution in [0.2, 0.25) is 0 Å². The molecule has 7 atom stereocenters. The second kappa shape index (κ2) is 38.4. The zero-order valence-electron chi connectivity index (χ0n) is 36.3. The summed E-state index contributed by atoms with van der Waals surface area (Å²) in [7, 11) is 0. The number of aliphatic hydroxyl groups excluding tert-OH is 5. The van der Waals surface area contributed by atoms with Crippen LogP contribution >= 0.6 is 0 Å². The minimum atomic E-state index is -1.57. The molecular weight excluding hydrogens is 719 g/mol. The highest BCUT2D eigenvalue weighted by atomic mass is 16.7. The molecule has 1 aliphatic heterocycles. The molecular formula is C48H87NO8. The SMILES string of the molecule is CCCCC/C=C/CC/C=C/C(O)C(COC1OC(CO)C(O)C(O)C1O)NC(=O)CCCCCCCCCCC/C=C\C/C=C\CCCCCCCCCCC. The first kappa shape index (κ1) is 53.2. The topological polar surface area (TPSA) is 149 Å². The number of hydrogen-bond donors (Lipinski definition) is 6. The van der Waals surface area contributed by atoms with E-state index in [1.165, 1.54) is 128 Å². The van der Waals surface area contributed by atoms with E-state index in [9.17, 15) is 30.3 Å². The highest BCUT2D eigenvalue weighted by molar-refractivity contribution is 5.76. The predicted octanol–water partition coefficient (Wildman–Crippen LogP) is 9.84. The number of unbranched alkanes of at least 4 members (excludes halogenated alkanes) is 22. The van der Waals surface area contributed by atoms with Gasteiger partial charge < -0.3 is 40.3 Å². The lowest BCUT2D eigenvalue weighted by Crippen LogP contribution is -2.60. The van der Waals surface area contributed by atoms with E-state index < -0.39 is 49.5 Å². The number of carbonyl (C=O) groups is 1. The first-order chi connectivity index (χ1) is 27.8. The number of amides is 1. The summed E-state index contributed by atoms with van der Waals surface area (Å²) in [6.45, 7) is 3.69. The van der Waals surface area contributed by atoms with Crippen LogP contribution < -0.4 is 5.32 Å². The van der Waals surface area contributed by atoms with Gasteiger partial charge in [0.05, 0.1) is 25.4 Å². The normalized spacial score (nSPS) is 21.4. The van der Waals surface area contributed by atoms with Gasteiger partial charge in [0, 0.05) is 6.42 Å². The van der Waals surface area contributed by atoms with Crippen LogP contribution in [0.4, 0.5) is 0 Å². The maximum absolute atomic E-state index is 12.9. The second-order valence-corrected chi connectivity index (χ2v) is 16.2.